The van der Waals surface area contributed by atoms with Crippen LogP contribution in [0.5, 0.6) is 0 Å². The number of thiophene rings is 1. The number of para-hydroxylation sites is 1. The fourth-order valence-corrected chi connectivity index (χ4v) is 5.85. The first-order valence-corrected chi connectivity index (χ1v) is 12.7. The van der Waals surface area contributed by atoms with E-state index in [1.54, 1.807) is 11.3 Å². The Hall–Kier alpha value is -2.27. The van der Waals surface area contributed by atoms with Crippen LogP contribution in [0.25, 0.3) is 21.6 Å². The largest absolute Gasteiger partial charge is 0.376 e. The summed E-state index contributed by atoms with van der Waals surface area (Å²) in [6, 6.07) is 9.97. The third kappa shape index (κ3) is 4.67. The van der Waals surface area contributed by atoms with E-state index in [0.29, 0.717) is 11.7 Å². The lowest BCUT2D eigenvalue weighted by atomic mass is 10.2. The van der Waals surface area contributed by atoms with Crippen LogP contribution in [-0.2, 0) is 16.1 Å². The summed E-state index contributed by atoms with van der Waals surface area (Å²) in [6.45, 7) is 3.57. The lowest BCUT2D eigenvalue weighted by Crippen LogP contribution is -2.18. The van der Waals surface area contributed by atoms with Crippen LogP contribution in [0.15, 0.2) is 40.9 Å². The number of aryl methyl sites for hydroxylation is 1. The van der Waals surface area contributed by atoms with E-state index < -0.39 is 0 Å². The number of thiazole rings is 1. The van der Waals surface area contributed by atoms with Gasteiger partial charge in [0.2, 0.25) is 5.91 Å². The third-order valence-electron chi connectivity index (χ3n) is 4.99. The van der Waals surface area contributed by atoms with E-state index in [0.717, 1.165) is 46.2 Å². The smallest absolute Gasteiger partial charge is 0.236 e. The number of amides is 1. The van der Waals surface area contributed by atoms with Crippen molar-refractivity contribution >= 4 is 55.7 Å². The Bertz CT molecular complexity index is 1180. The molecule has 0 aliphatic carbocycles. The number of hydrogen-bond donors (Lipinski definition) is 1. The Morgan fingerprint density at radius 3 is 3.03 bits per heavy atom. The molecule has 1 fully saturated rings. The van der Waals surface area contributed by atoms with Gasteiger partial charge in [-0.2, -0.15) is 0 Å². The number of hydrogen-bond acceptors (Lipinski definition) is 8. The summed E-state index contributed by atoms with van der Waals surface area (Å²) in [7, 11) is 0. The van der Waals surface area contributed by atoms with E-state index >= 15 is 0 Å². The zero-order valence-electron chi connectivity index (χ0n) is 16.9. The second-order valence-electron chi connectivity index (χ2n) is 7.32. The van der Waals surface area contributed by atoms with Crippen LogP contribution in [0.2, 0.25) is 0 Å². The molecule has 1 aromatic carbocycles. The Labute approximate surface area is 191 Å². The number of aromatic nitrogens is 4. The van der Waals surface area contributed by atoms with E-state index in [-0.39, 0.29) is 17.8 Å². The molecule has 1 unspecified atom stereocenters. The fraction of sp³-hybridized carbons (Fsp3) is 0.333. The van der Waals surface area contributed by atoms with Gasteiger partial charge in [0.05, 0.1) is 28.6 Å². The van der Waals surface area contributed by atoms with Crippen LogP contribution in [0.1, 0.15) is 17.7 Å². The van der Waals surface area contributed by atoms with Gasteiger partial charge >= 0.3 is 0 Å². The van der Waals surface area contributed by atoms with Crippen molar-refractivity contribution in [2.75, 3.05) is 17.7 Å². The molecule has 1 N–H and O–H groups in total. The highest BCUT2D eigenvalue weighted by Gasteiger charge is 2.22. The van der Waals surface area contributed by atoms with Crippen LogP contribution in [-0.4, -0.2) is 44.1 Å². The summed E-state index contributed by atoms with van der Waals surface area (Å²) < 4.78 is 8.99. The molecular formula is C21H21N5O2S3. The van der Waals surface area contributed by atoms with Crippen molar-refractivity contribution < 1.29 is 9.53 Å². The number of anilines is 1. The molecule has 1 aliphatic rings. The van der Waals surface area contributed by atoms with Gasteiger partial charge in [-0.1, -0.05) is 35.2 Å². The lowest BCUT2D eigenvalue weighted by Gasteiger charge is -2.14. The van der Waals surface area contributed by atoms with E-state index in [1.807, 2.05) is 24.3 Å². The van der Waals surface area contributed by atoms with Gasteiger partial charge < -0.3 is 10.1 Å². The Morgan fingerprint density at radius 2 is 2.26 bits per heavy atom. The molecule has 1 aliphatic heterocycles. The van der Waals surface area contributed by atoms with Crippen LogP contribution in [0, 0.1) is 6.92 Å². The van der Waals surface area contributed by atoms with Crippen molar-refractivity contribution in [3.05, 3.63) is 40.6 Å². The standard InChI is InChI=1S/C21H21N5O2S3/c1-13-9-14(11-29-13)19-24-25-21(26(19)10-15-5-4-8-28-15)30-12-18(27)23-20-22-16-6-2-3-7-17(16)31-20/h2-3,6-7,9,11,15H,4-5,8,10,12H2,1H3,(H,22,23,27). The summed E-state index contributed by atoms with van der Waals surface area (Å²) in [6.07, 6.45) is 2.26. The van der Waals surface area contributed by atoms with Crippen molar-refractivity contribution in [1.29, 1.82) is 0 Å². The number of benzene rings is 1. The number of thioether (sulfide) groups is 1. The minimum absolute atomic E-state index is 0.108. The first-order chi connectivity index (χ1) is 15.2. The van der Waals surface area contributed by atoms with Gasteiger partial charge in [0.25, 0.3) is 0 Å². The predicted octanol–water partition coefficient (Wildman–Crippen LogP) is 4.83. The molecule has 1 atom stereocenters. The molecule has 10 heteroatoms. The summed E-state index contributed by atoms with van der Waals surface area (Å²) in [5, 5.41) is 15.2. The van der Waals surface area contributed by atoms with Gasteiger partial charge in [0, 0.05) is 22.4 Å². The molecular weight excluding hydrogens is 450 g/mol. The first-order valence-electron chi connectivity index (χ1n) is 10.0. The number of ether oxygens (including phenoxy) is 1. The molecule has 0 bridgehead atoms. The monoisotopic (exact) mass is 471 g/mol. The highest BCUT2D eigenvalue weighted by Crippen LogP contribution is 2.30. The summed E-state index contributed by atoms with van der Waals surface area (Å²) >= 11 is 4.56. The van der Waals surface area contributed by atoms with Crippen molar-refractivity contribution in [3.63, 3.8) is 0 Å². The second-order valence-corrected chi connectivity index (χ2v) is 10.4. The minimum Gasteiger partial charge on any atom is -0.376 e. The van der Waals surface area contributed by atoms with E-state index in [1.165, 1.54) is 28.0 Å². The second kappa shape index (κ2) is 9.07. The molecule has 4 heterocycles. The van der Waals surface area contributed by atoms with E-state index in [2.05, 4.69) is 43.4 Å². The molecule has 3 aromatic heterocycles. The van der Waals surface area contributed by atoms with Crippen LogP contribution in [0.3, 0.4) is 0 Å². The molecule has 7 nitrogen and oxygen atoms in total. The van der Waals surface area contributed by atoms with Crippen molar-refractivity contribution in [1.82, 2.24) is 19.7 Å². The fourth-order valence-electron chi connectivity index (χ4n) is 3.54. The van der Waals surface area contributed by atoms with Gasteiger partial charge in [0.15, 0.2) is 16.1 Å². The maximum Gasteiger partial charge on any atom is 0.236 e. The quantitative estimate of drug-likeness (QED) is 0.389. The number of rotatable bonds is 7. The predicted molar refractivity (Wildman–Crippen MR) is 126 cm³/mol. The van der Waals surface area contributed by atoms with Gasteiger partial charge in [-0.25, -0.2) is 4.98 Å². The van der Waals surface area contributed by atoms with Crippen LogP contribution >= 0.6 is 34.4 Å². The van der Waals surface area contributed by atoms with Crippen molar-refractivity contribution in [2.24, 2.45) is 0 Å². The van der Waals surface area contributed by atoms with Gasteiger partial charge in [0.1, 0.15) is 0 Å². The Kier molecular flexibility index (Phi) is 6.04. The average Bonchev–Trinajstić information content (AvgIpc) is 3.54. The van der Waals surface area contributed by atoms with Crippen molar-refractivity contribution in [3.8, 4) is 11.4 Å². The summed E-state index contributed by atoms with van der Waals surface area (Å²) in [4.78, 5) is 18.2. The molecule has 31 heavy (non-hydrogen) atoms. The zero-order chi connectivity index (χ0) is 21.2. The molecule has 160 valence electrons. The van der Waals surface area contributed by atoms with Gasteiger partial charge in [-0.3, -0.25) is 9.36 Å². The minimum atomic E-state index is -0.108. The highest BCUT2D eigenvalue weighted by molar-refractivity contribution is 7.99. The average molecular weight is 472 g/mol. The van der Waals surface area contributed by atoms with Gasteiger partial charge in [-0.15, -0.1) is 21.5 Å². The normalized spacial score (nSPS) is 16.2. The Balaban J connectivity index is 1.30. The molecule has 5 rings (SSSR count). The molecule has 1 amide bonds. The lowest BCUT2D eigenvalue weighted by molar-refractivity contribution is -0.113. The Morgan fingerprint density at radius 1 is 1.35 bits per heavy atom. The maximum absolute atomic E-state index is 12.6. The van der Waals surface area contributed by atoms with Crippen LogP contribution < -0.4 is 5.32 Å². The topological polar surface area (TPSA) is 81.9 Å². The number of carbonyl (C=O) groups is 1. The summed E-state index contributed by atoms with van der Waals surface area (Å²) in [5.74, 6) is 0.958. The molecule has 0 spiro atoms. The number of nitrogens with zero attached hydrogens (tertiary/aromatic N) is 4. The number of nitrogens with one attached hydrogen (secondary N) is 1. The number of carbonyl (C=O) groups excluding carboxylic acids is 1. The summed E-state index contributed by atoms with van der Waals surface area (Å²) in [5.41, 5.74) is 1.95. The van der Waals surface area contributed by atoms with E-state index in [4.69, 9.17) is 4.74 Å². The third-order valence-corrected chi connectivity index (χ3v) is 7.77. The molecule has 0 saturated carbocycles. The maximum atomic E-state index is 12.6. The zero-order valence-corrected chi connectivity index (χ0v) is 19.4. The van der Waals surface area contributed by atoms with Crippen LogP contribution in [0.4, 0.5) is 5.13 Å². The van der Waals surface area contributed by atoms with Crippen molar-refractivity contribution in [2.45, 2.75) is 37.6 Å². The molecule has 0 radical (unpaired) electrons. The van der Waals surface area contributed by atoms with Gasteiger partial charge in [-0.05, 0) is 38.0 Å². The first kappa shape index (κ1) is 20.6. The van der Waals surface area contributed by atoms with E-state index in [9.17, 15) is 4.79 Å². The molecule has 4 aromatic rings. The molecule has 1 saturated heterocycles. The highest BCUT2D eigenvalue weighted by atomic mass is 32.2. The number of fused-ring (bicyclic) bond motifs is 1. The SMILES string of the molecule is Cc1cc(-c2nnc(SCC(=O)Nc3nc4ccccc4s3)n2CC2CCCO2)cs1.